The Kier molecular flexibility index (Phi) is 7.24. The second kappa shape index (κ2) is 9.82. The first-order chi connectivity index (χ1) is 16.2. The Morgan fingerprint density at radius 1 is 1.06 bits per heavy atom. The van der Waals surface area contributed by atoms with E-state index in [0.717, 1.165) is 6.07 Å². The summed E-state index contributed by atoms with van der Waals surface area (Å²) in [6.07, 6.45) is -3.41. The summed E-state index contributed by atoms with van der Waals surface area (Å²) in [5.41, 5.74) is 4.74. The highest BCUT2D eigenvalue weighted by Crippen LogP contribution is 2.33. The molecule has 0 bridgehead atoms. The molecule has 4 N–H and O–H groups in total. The van der Waals surface area contributed by atoms with Crippen LogP contribution in [0, 0.1) is 0 Å². The summed E-state index contributed by atoms with van der Waals surface area (Å²) >= 11 is 3.15. The molecule has 0 saturated heterocycles. The number of alkyl halides is 3. The van der Waals surface area contributed by atoms with Crippen LogP contribution in [0.25, 0.3) is 11.3 Å². The molecule has 0 atom stereocenters. The van der Waals surface area contributed by atoms with Crippen LogP contribution in [0.5, 0.6) is 0 Å². The van der Waals surface area contributed by atoms with Gasteiger partial charge in [0.2, 0.25) is 5.82 Å². The van der Waals surface area contributed by atoms with Crippen LogP contribution in [-0.4, -0.2) is 37.5 Å². The highest BCUT2D eigenvalue weighted by molar-refractivity contribution is 9.10. The summed E-state index contributed by atoms with van der Waals surface area (Å²) in [5, 5.41) is 4.70. The molecule has 3 aromatic heterocycles. The molecule has 10 nitrogen and oxygen atoms in total. The van der Waals surface area contributed by atoms with Gasteiger partial charge in [0.05, 0.1) is 23.3 Å². The second-order valence-electron chi connectivity index (χ2n) is 8.03. The third-order valence-corrected chi connectivity index (χ3v) is 4.50. The molecule has 3 heterocycles. The van der Waals surface area contributed by atoms with Gasteiger partial charge in [-0.3, -0.25) is 15.1 Å². The largest absolute Gasteiger partial charge is 0.451 e. The lowest BCUT2D eigenvalue weighted by Gasteiger charge is -2.20. The number of amides is 2. The van der Waals surface area contributed by atoms with Crippen LogP contribution in [0.2, 0.25) is 0 Å². The summed E-state index contributed by atoms with van der Waals surface area (Å²) in [5.74, 6) is -2.69. The number of halogens is 4. The molecule has 0 unspecified atom stereocenters. The van der Waals surface area contributed by atoms with Crippen LogP contribution >= 0.6 is 15.9 Å². The van der Waals surface area contributed by atoms with Gasteiger partial charge in [-0.2, -0.15) is 13.2 Å². The number of hydrogen-bond donors (Lipinski definition) is 3. The molecule has 0 saturated carbocycles. The Labute approximate surface area is 205 Å². The number of pyridine rings is 2. The molecule has 14 heteroatoms. The maximum atomic E-state index is 13.5. The standard InChI is InChI=1S/C21H19BrF3N7O3/c1-20(2,3)35-19(34)32-15-8-12(29-18(31-15)21(23,24)25)10-6-7-27-9-13(10)28-17(33)16-11(26)4-5-14(22)30-16/h4-9H,26H2,1-3H3,(H,28,33)(H,29,31,32,34). The Morgan fingerprint density at radius 3 is 2.43 bits per heavy atom. The van der Waals surface area contributed by atoms with Gasteiger partial charge in [-0.25, -0.2) is 19.7 Å². The number of rotatable bonds is 4. The predicted octanol–water partition coefficient (Wildman–Crippen LogP) is 4.90. The lowest BCUT2D eigenvalue weighted by atomic mass is 10.1. The van der Waals surface area contributed by atoms with E-state index in [-0.39, 0.29) is 28.3 Å². The average molecular weight is 554 g/mol. The molecular weight excluding hydrogens is 535 g/mol. The maximum absolute atomic E-state index is 13.5. The third-order valence-electron chi connectivity index (χ3n) is 4.06. The van der Waals surface area contributed by atoms with Crippen LogP contribution in [0.3, 0.4) is 0 Å². The Balaban J connectivity index is 2.02. The van der Waals surface area contributed by atoms with Gasteiger partial charge >= 0.3 is 12.3 Å². The molecule has 0 radical (unpaired) electrons. The van der Waals surface area contributed by atoms with Gasteiger partial charge in [0.25, 0.3) is 5.91 Å². The van der Waals surface area contributed by atoms with Crippen molar-refractivity contribution in [3.05, 3.63) is 52.8 Å². The van der Waals surface area contributed by atoms with Crippen LogP contribution in [0.1, 0.15) is 37.1 Å². The fraction of sp³-hybridized carbons (Fsp3) is 0.238. The molecule has 3 aromatic rings. The van der Waals surface area contributed by atoms with Crippen molar-refractivity contribution in [1.29, 1.82) is 0 Å². The Morgan fingerprint density at radius 2 is 1.77 bits per heavy atom. The number of nitrogens with two attached hydrogens (primary N) is 1. The summed E-state index contributed by atoms with van der Waals surface area (Å²) in [4.78, 5) is 39.7. The first kappa shape index (κ1) is 25.8. The van der Waals surface area contributed by atoms with Crippen molar-refractivity contribution in [3.63, 3.8) is 0 Å². The highest BCUT2D eigenvalue weighted by atomic mass is 79.9. The van der Waals surface area contributed by atoms with Gasteiger partial charge in [-0.1, -0.05) is 0 Å². The summed E-state index contributed by atoms with van der Waals surface area (Å²) in [6, 6.07) is 5.45. The normalized spacial score (nSPS) is 11.6. The lowest BCUT2D eigenvalue weighted by Crippen LogP contribution is -2.28. The number of nitrogens with zero attached hydrogens (tertiary/aromatic N) is 4. The monoisotopic (exact) mass is 553 g/mol. The average Bonchev–Trinajstić information content (AvgIpc) is 2.73. The van der Waals surface area contributed by atoms with Gasteiger partial charge in [0, 0.05) is 17.8 Å². The fourth-order valence-electron chi connectivity index (χ4n) is 2.71. The number of anilines is 3. The minimum absolute atomic E-state index is 0.0220. The van der Waals surface area contributed by atoms with Crippen molar-refractivity contribution >= 4 is 45.1 Å². The van der Waals surface area contributed by atoms with E-state index in [1.54, 1.807) is 26.8 Å². The van der Waals surface area contributed by atoms with Crippen molar-refractivity contribution in [3.8, 4) is 11.3 Å². The zero-order valence-corrected chi connectivity index (χ0v) is 20.2. The van der Waals surface area contributed by atoms with Crippen molar-refractivity contribution in [1.82, 2.24) is 19.9 Å². The Hall–Kier alpha value is -3.81. The number of nitrogen functional groups attached to an aromatic ring is 1. The van der Waals surface area contributed by atoms with Gasteiger partial charge in [0.1, 0.15) is 16.0 Å². The molecule has 184 valence electrons. The maximum Gasteiger partial charge on any atom is 0.451 e. The minimum Gasteiger partial charge on any atom is -0.444 e. The first-order valence-electron chi connectivity index (χ1n) is 9.87. The van der Waals surface area contributed by atoms with E-state index in [1.165, 1.54) is 24.5 Å². The molecule has 0 aliphatic heterocycles. The van der Waals surface area contributed by atoms with Crippen LogP contribution in [-0.2, 0) is 10.9 Å². The zero-order valence-electron chi connectivity index (χ0n) is 18.6. The van der Waals surface area contributed by atoms with Gasteiger partial charge in [0.15, 0.2) is 5.69 Å². The number of nitrogens with one attached hydrogen (secondary N) is 2. The molecule has 0 aromatic carbocycles. The van der Waals surface area contributed by atoms with E-state index >= 15 is 0 Å². The van der Waals surface area contributed by atoms with Crippen molar-refractivity contribution in [2.45, 2.75) is 32.5 Å². The highest BCUT2D eigenvalue weighted by Gasteiger charge is 2.36. The van der Waals surface area contributed by atoms with E-state index in [2.05, 4.69) is 46.5 Å². The fourth-order valence-corrected chi connectivity index (χ4v) is 3.02. The lowest BCUT2D eigenvalue weighted by molar-refractivity contribution is -0.144. The van der Waals surface area contributed by atoms with Gasteiger partial charge < -0.3 is 15.8 Å². The quantitative estimate of drug-likeness (QED) is 0.387. The molecular formula is C21H19BrF3N7O3. The number of carbonyl (C=O) groups excluding carboxylic acids is 2. The molecule has 3 rings (SSSR count). The molecule has 0 spiro atoms. The SMILES string of the molecule is CC(C)(C)OC(=O)Nc1cc(-c2ccncc2NC(=O)c2nc(Br)ccc2N)nc(C(F)(F)F)n1. The second-order valence-corrected chi connectivity index (χ2v) is 8.85. The summed E-state index contributed by atoms with van der Waals surface area (Å²) in [6.45, 7) is 4.79. The van der Waals surface area contributed by atoms with Crippen LogP contribution in [0.4, 0.5) is 35.2 Å². The summed E-state index contributed by atoms with van der Waals surface area (Å²) < 4.78 is 46.0. The molecule has 2 amide bonds. The van der Waals surface area contributed by atoms with E-state index in [1.807, 2.05) is 0 Å². The van der Waals surface area contributed by atoms with Gasteiger partial charge in [-0.15, -0.1) is 0 Å². The summed E-state index contributed by atoms with van der Waals surface area (Å²) in [7, 11) is 0. The van der Waals surface area contributed by atoms with Crippen molar-refractivity contribution in [2.75, 3.05) is 16.4 Å². The topological polar surface area (TPSA) is 145 Å². The Bertz CT molecular complexity index is 1280. The number of hydrogen-bond acceptors (Lipinski definition) is 8. The van der Waals surface area contributed by atoms with E-state index < -0.39 is 35.4 Å². The molecule has 0 aliphatic rings. The zero-order chi connectivity index (χ0) is 26.0. The van der Waals surface area contributed by atoms with Crippen LogP contribution < -0.4 is 16.4 Å². The van der Waals surface area contributed by atoms with E-state index in [9.17, 15) is 22.8 Å². The van der Waals surface area contributed by atoms with Crippen molar-refractivity contribution in [2.24, 2.45) is 0 Å². The molecule has 35 heavy (non-hydrogen) atoms. The van der Waals surface area contributed by atoms with E-state index in [4.69, 9.17) is 10.5 Å². The third kappa shape index (κ3) is 6.85. The van der Waals surface area contributed by atoms with E-state index in [0.29, 0.717) is 4.60 Å². The molecule has 0 aliphatic carbocycles. The minimum atomic E-state index is -4.93. The number of ether oxygens (including phenoxy) is 1. The molecule has 0 fully saturated rings. The smallest absolute Gasteiger partial charge is 0.444 e. The number of carbonyl (C=O) groups is 2. The first-order valence-corrected chi connectivity index (χ1v) is 10.7. The predicted molar refractivity (Wildman–Crippen MR) is 124 cm³/mol. The van der Waals surface area contributed by atoms with Crippen molar-refractivity contribution < 1.29 is 27.5 Å². The van der Waals surface area contributed by atoms with Crippen LogP contribution in [0.15, 0.2) is 41.3 Å². The number of aromatic nitrogens is 4. The van der Waals surface area contributed by atoms with Gasteiger partial charge in [-0.05, 0) is 54.9 Å².